The topological polar surface area (TPSA) is 137 Å². The largest absolute Gasteiger partial charge is 0.370 e. The lowest BCUT2D eigenvalue weighted by Gasteiger charge is -2.39. The molecule has 134 valence electrons. The average molecular weight is 339 g/mol. The molecule has 0 aliphatic rings. The Morgan fingerprint density at radius 1 is 1.29 bits per heavy atom. The van der Waals surface area contributed by atoms with Gasteiger partial charge >= 0.3 is 6.03 Å². The van der Waals surface area contributed by atoms with E-state index in [-0.39, 0.29) is 12.0 Å². The lowest BCUT2D eigenvalue weighted by Crippen LogP contribution is -2.54. The first kappa shape index (κ1) is 21.2. The molecule has 0 aliphatic carbocycles. The van der Waals surface area contributed by atoms with Crippen molar-refractivity contribution in [3.8, 4) is 0 Å². The van der Waals surface area contributed by atoms with Crippen LogP contribution in [0.5, 0.6) is 0 Å². The van der Waals surface area contributed by atoms with Crippen molar-refractivity contribution in [3.63, 3.8) is 0 Å². The number of para-hydroxylation sites is 1. The van der Waals surface area contributed by atoms with Crippen LogP contribution in [0.4, 0.5) is 10.5 Å². The van der Waals surface area contributed by atoms with Gasteiger partial charge in [-0.15, -0.1) is 10.1 Å². The van der Waals surface area contributed by atoms with Crippen LogP contribution in [0.15, 0.2) is 18.2 Å². The van der Waals surface area contributed by atoms with Crippen molar-refractivity contribution in [1.29, 1.82) is 5.41 Å². The standard InChI is InChI=1S/C15H24N4O.HNO3/c1-10-8-7-9-11(2)12(10)19(15(3,4)5)14(20)18(6)13(16)17;2-1(3)4/h7-9H,1-6H3,(H3,16,17);(H,2,3,4). The minimum absolute atomic E-state index is 0.268. The highest BCUT2D eigenvalue weighted by Crippen LogP contribution is 2.31. The average Bonchev–Trinajstić information content (AvgIpc) is 2.39. The molecule has 0 spiro atoms. The Balaban J connectivity index is 0.00000118. The summed E-state index contributed by atoms with van der Waals surface area (Å²) in [7, 11) is 1.51. The molecule has 0 saturated carbocycles. The predicted octanol–water partition coefficient (Wildman–Crippen LogP) is 2.51. The zero-order valence-corrected chi connectivity index (χ0v) is 14.8. The molecule has 0 heterocycles. The summed E-state index contributed by atoms with van der Waals surface area (Å²) in [6.45, 7) is 9.84. The highest BCUT2D eigenvalue weighted by molar-refractivity contribution is 6.03. The van der Waals surface area contributed by atoms with Gasteiger partial charge in [-0.1, -0.05) is 18.2 Å². The first-order valence-electron chi connectivity index (χ1n) is 7.12. The van der Waals surface area contributed by atoms with Gasteiger partial charge in [0.05, 0.1) is 5.69 Å². The van der Waals surface area contributed by atoms with Gasteiger partial charge in [-0.2, -0.15) is 0 Å². The maximum absolute atomic E-state index is 12.7. The number of benzene rings is 1. The summed E-state index contributed by atoms with van der Waals surface area (Å²) < 4.78 is 0. The molecular formula is C15H25N5O4. The number of nitrogens with zero attached hydrogens (tertiary/aromatic N) is 3. The summed E-state index contributed by atoms with van der Waals surface area (Å²) >= 11 is 0. The maximum atomic E-state index is 12.7. The minimum Gasteiger partial charge on any atom is -0.370 e. The summed E-state index contributed by atoms with van der Waals surface area (Å²) in [6, 6.07) is 5.61. The number of urea groups is 1. The van der Waals surface area contributed by atoms with E-state index in [1.165, 1.54) is 7.05 Å². The van der Waals surface area contributed by atoms with Crippen LogP contribution in [0.3, 0.4) is 0 Å². The first-order valence-corrected chi connectivity index (χ1v) is 7.12. The Morgan fingerprint density at radius 2 is 1.67 bits per heavy atom. The minimum atomic E-state index is -1.50. The Labute approximate surface area is 141 Å². The van der Waals surface area contributed by atoms with E-state index in [1.807, 2.05) is 52.8 Å². The van der Waals surface area contributed by atoms with Gasteiger partial charge in [0.2, 0.25) is 0 Å². The smallest absolute Gasteiger partial charge is 0.331 e. The van der Waals surface area contributed by atoms with Gasteiger partial charge in [0, 0.05) is 12.6 Å². The van der Waals surface area contributed by atoms with Crippen molar-refractivity contribution in [1.82, 2.24) is 4.90 Å². The highest BCUT2D eigenvalue weighted by Gasteiger charge is 2.33. The number of hydrogen-bond donors (Lipinski definition) is 3. The summed E-state index contributed by atoms with van der Waals surface area (Å²) in [5.41, 5.74) is 7.93. The number of nitrogens with one attached hydrogen (secondary N) is 1. The van der Waals surface area contributed by atoms with Crippen LogP contribution in [0.1, 0.15) is 31.9 Å². The van der Waals surface area contributed by atoms with E-state index in [0.717, 1.165) is 21.7 Å². The second-order valence-electron chi connectivity index (χ2n) is 6.21. The zero-order chi connectivity index (χ0) is 19.2. The molecule has 0 aliphatic heterocycles. The molecule has 0 fully saturated rings. The second-order valence-corrected chi connectivity index (χ2v) is 6.21. The summed E-state index contributed by atoms with van der Waals surface area (Å²) in [5, 5.41) is 21.1. The van der Waals surface area contributed by atoms with E-state index in [0.29, 0.717) is 0 Å². The van der Waals surface area contributed by atoms with E-state index in [4.69, 9.17) is 26.5 Å². The summed E-state index contributed by atoms with van der Waals surface area (Å²) in [5.74, 6) is -0.268. The van der Waals surface area contributed by atoms with E-state index in [2.05, 4.69) is 0 Å². The quantitative estimate of drug-likeness (QED) is 0.312. The van der Waals surface area contributed by atoms with Crippen molar-refractivity contribution in [3.05, 3.63) is 39.4 Å². The summed E-state index contributed by atoms with van der Waals surface area (Å²) in [4.78, 5) is 23.9. The maximum Gasteiger partial charge on any atom is 0.331 e. The molecule has 0 bridgehead atoms. The predicted molar refractivity (Wildman–Crippen MR) is 92.0 cm³/mol. The van der Waals surface area contributed by atoms with E-state index < -0.39 is 10.6 Å². The summed E-state index contributed by atoms with van der Waals surface area (Å²) in [6.07, 6.45) is 0. The molecular weight excluding hydrogens is 314 g/mol. The molecule has 0 radical (unpaired) electrons. The van der Waals surface area contributed by atoms with Crippen LogP contribution in [0.2, 0.25) is 0 Å². The first-order chi connectivity index (χ1) is 10.8. The fraction of sp³-hybridized carbons (Fsp3) is 0.467. The lowest BCUT2D eigenvalue weighted by atomic mass is 10.0. The van der Waals surface area contributed by atoms with Crippen molar-refractivity contribution in [2.45, 2.75) is 40.2 Å². The van der Waals surface area contributed by atoms with Crippen LogP contribution in [0.25, 0.3) is 0 Å². The van der Waals surface area contributed by atoms with Gasteiger partial charge in [0.1, 0.15) is 0 Å². The highest BCUT2D eigenvalue weighted by atomic mass is 16.9. The molecule has 4 N–H and O–H groups in total. The van der Waals surface area contributed by atoms with Crippen molar-refractivity contribution in [2.24, 2.45) is 5.73 Å². The zero-order valence-electron chi connectivity index (χ0n) is 14.8. The van der Waals surface area contributed by atoms with Crippen molar-refractivity contribution < 1.29 is 15.1 Å². The van der Waals surface area contributed by atoms with Gasteiger partial charge in [-0.3, -0.25) is 15.2 Å². The number of rotatable bonds is 1. The Bertz CT molecular complexity index is 601. The monoisotopic (exact) mass is 339 g/mol. The van der Waals surface area contributed by atoms with Crippen LogP contribution in [-0.4, -0.2) is 39.8 Å². The molecule has 9 heteroatoms. The molecule has 0 unspecified atom stereocenters. The Kier molecular flexibility index (Phi) is 7.17. The fourth-order valence-electron chi connectivity index (χ4n) is 2.13. The van der Waals surface area contributed by atoms with E-state index >= 15 is 0 Å². The lowest BCUT2D eigenvalue weighted by molar-refractivity contribution is -0.742. The number of carbonyl (C=O) groups is 1. The van der Waals surface area contributed by atoms with Crippen molar-refractivity contribution >= 4 is 17.7 Å². The number of carbonyl (C=O) groups excluding carboxylic acids is 1. The van der Waals surface area contributed by atoms with Gasteiger partial charge in [-0.25, -0.2) is 4.79 Å². The molecule has 1 aromatic rings. The van der Waals surface area contributed by atoms with Gasteiger partial charge in [0.25, 0.3) is 5.09 Å². The molecule has 24 heavy (non-hydrogen) atoms. The van der Waals surface area contributed by atoms with Gasteiger partial charge in [0.15, 0.2) is 5.96 Å². The molecule has 0 atom stereocenters. The molecule has 9 nitrogen and oxygen atoms in total. The number of hydrogen-bond acceptors (Lipinski definition) is 4. The van der Waals surface area contributed by atoms with Gasteiger partial charge in [-0.05, 0) is 45.7 Å². The molecule has 0 aromatic heterocycles. The number of aryl methyl sites for hydroxylation is 2. The third-order valence-electron chi connectivity index (χ3n) is 3.17. The molecule has 2 amide bonds. The normalized spacial score (nSPS) is 10.2. The van der Waals surface area contributed by atoms with Crippen LogP contribution in [0, 0.1) is 29.4 Å². The van der Waals surface area contributed by atoms with Crippen LogP contribution >= 0.6 is 0 Å². The van der Waals surface area contributed by atoms with Gasteiger partial charge < -0.3 is 10.9 Å². The van der Waals surface area contributed by atoms with Crippen LogP contribution < -0.4 is 10.6 Å². The number of guanidine groups is 1. The number of amides is 2. The van der Waals surface area contributed by atoms with Crippen molar-refractivity contribution in [2.75, 3.05) is 11.9 Å². The Morgan fingerprint density at radius 3 is 1.96 bits per heavy atom. The van der Waals surface area contributed by atoms with E-state index in [1.54, 1.807) is 4.90 Å². The van der Waals surface area contributed by atoms with E-state index in [9.17, 15) is 4.79 Å². The molecule has 0 saturated heterocycles. The third-order valence-corrected chi connectivity index (χ3v) is 3.17. The number of nitrogens with two attached hydrogens (primary N) is 1. The SMILES string of the molecule is Cc1cccc(C)c1N(C(=O)N(C)C(=N)N)C(C)(C)C.O=[N+]([O-])O. The second kappa shape index (κ2) is 8.14. The third kappa shape index (κ3) is 5.75. The molecule has 1 aromatic carbocycles. The molecule has 1 rings (SSSR count). The Hall–Kier alpha value is -2.84. The fourth-order valence-corrected chi connectivity index (χ4v) is 2.13. The number of anilines is 1. The van der Waals surface area contributed by atoms with Crippen LogP contribution in [-0.2, 0) is 0 Å².